The fourth-order valence-electron chi connectivity index (χ4n) is 2.51. The topological polar surface area (TPSA) is 125 Å². The highest BCUT2D eigenvalue weighted by Crippen LogP contribution is 2.41. The highest BCUT2D eigenvalue weighted by Gasteiger charge is 2.27. The van der Waals surface area contributed by atoms with Crippen LogP contribution in [0.5, 0.6) is 11.5 Å². The fraction of sp³-hybridized carbons (Fsp3) is 0.105. The predicted octanol–water partition coefficient (Wildman–Crippen LogP) is 4.17. The number of carbonyl (C=O) groups is 2. The summed E-state index contributed by atoms with van der Waals surface area (Å²) in [4.78, 5) is 25.0. The van der Waals surface area contributed by atoms with Crippen molar-refractivity contribution in [1.82, 2.24) is 10.5 Å². The number of halogens is 2. The number of nitrogens with one attached hydrogen (secondary N) is 2. The molecular weight excluding hydrogens is 466 g/mol. The monoisotopic (exact) mass is 479 g/mol. The number of hydrogen-bond donors (Lipinski definition) is 4. The van der Waals surface area contributed by atoms with Gasteiger partial charge in [0.1, 0.15) is 17.2 Å². The van der Waals surface area contributed by atoms with E-state index >= 15 is 0 Å². The Hall–Kier alpha value is -3.04. The molecule has 150 valence electrons. The van der Waals surface area contributed by atoms with Crippen molar-refractivity contribution in [3.05, 3.63) is 57.2 Å². The van der Waals surface area contributed by atoms with Crippen molar-refractivity contribution >= 4 is 45.0 Å². The minimum Gasteiger partial charge on any atom is -0.507 e. The lowest BCUT2D eigenvalue weighted by Crippen LogP contribution is -2.25. The zero-order valence-electron chi connectivity index (χ0n) is 15.0. The Bertz CT molecular complexity index is 1080. The molecule has 10 heteroatoms. The third-order valence-corrected chi connectivity index (χ3v) is 4.73. The van der Waals surface area contributed by atoms with Gasteiger partial charge in [0, 0.05) is 22.6 Å². The molecule has 3 rings (SSSR count). The van der Waals surface area contributed by atoms with Crippen LogP contribution in [0.1, 0.15) is 27.8 Å². The van der Waals surface area contributed by atoms with Gasteiger partial charge in [-0.1, -0.05) is 32.7 Å². The lowest BCUT2D eigenvalue weighted by molar-refractivity contribution is 0.0947. The second-order valence-corrected chi connectivity index (χ2v) is 7.20. The summed E-state index contributed by atoms with van der Waals surface area (Å²) < 4.78 is 6.05. The van der Waals surface area contributed by atoms with Crippen LogP contribution in [0.3, 0.4) is 0 Å². The molecule has 0 spiro atoms. The molecule has 0 radical (unpaired) electrons. The van der Waals surface area contributed by atoms with E-state index in [1.165, 1.54) is 6.07 Å². The summed E-state index contributed by atoms with van der Waals surface area (Å²) in [7, 11) is 0. The number of rotatable bonds is 5. The Morgan fingerprint density at radius 2 is 1.83 bits per heavy atom. The lowest BCUT2D eigenvalue weighted by Gasteiger charge is -2.09. The Labute approximate surface area is 178 Å². The Morgan fingerprint density at radius 3 is 2.48 bits per heavy atom. The lowest BCUT2D eigenvalue weighted by atomic mass is 10.1. The van der Waals surface area contributed by atoms with Gasteiger partial charge in [0.15, 0.2) is 11.5 Å². The van der Waals surface area contributed by atoms with Crippen LogP contribution in [0.15, 0.2) is 45.4 Å². The third kappa shape index (κ3) is 4.36. The van der Waals surface area contributed by atoms with Crippen molar-refractivity contribution in [3.8, 4) is 22.8 Å². The highest BCUT2D eigenvalue weighted by molar-refractivity contribution is 9.10. The third-order valence-electron chi connectivity index (χ3n) is 3.90. The molecule has 2 amide bonds. The molecule has 1 aromatic heterocycles. The summed E-state index contributed by atoms with van der Waals surface area (Å²) in [5.74, 6) is -1.88. The Kier molecular flexibility index (Phi) is 6.09. The van der Waals surface area contributed by atoms with Gasteiger partial charge in [-0.2, -0.15) is 0 Å². The standard InChI is InChI=1S/C19H15BrClN3O5/c1-2-22-19(28)16-15(23-18(27)9-3-5-10(20)6-4-9)17(29-24-16)11-7-12(21)14(26)8-13(11)25/h3-8,25-26H,2H2,1H3,(H,22,28)(H,23,27). The van der Waals surface area contributed by atoms with E-state index in [1.807, 2.05) is 0 Å². The van der Waals surface area contributed by atoms with E-state index in [4.69, 9.17) is 16.1 Å². The number of nitrogens with zero attached hydrogens (tertiary/aromatic N) is 1. The molecule has 0 bridgehead atoms. The van der Waals surface area contributed by atoms with E-state index < -0.39 is 11.8 Å². The van der Waals surface area contributed by atoms with Gasteiger partial charge in [-0.05, 0) is 37.3 Å². The van der Waals surface area contributed by atoms with Crippen LogP contribution in [0, 0.1) is 0 Å². The zero-order valence-corrected chi connectivity index (χ0v) is 17.3. The molecule has 0 unspecified atom stereocenters. The number of carbonyl (C=O) groups excluding carboxylic acids is 2. The van der Waals surface area contributed by atoms with Crippen LogP contribution in [-0.4, -0.2) is 33.7 Å². The molecule has 29 heavy (non-hydrogen) atoms. The number of hydrogen-bond acceptors (Lipinski definition) is 6. The molecule has 8 nitrogen and oxygen atoms in total. The molecule has 0 aliphatic rings. The first-order valence-corrected chi connectivity index (χ1v) is 9.55. The Morgan fingerprint density at radius 1 is 1.14 bits per heavy atom. The van der Waals surface area contributed by atoms with E-state index in [0.717, 1.165) is 10.5 Å². The van der Waals surface area contributed by atoms with Crippen molar-refractivity contribution in [3.63, 3.8) is 0 Å². The van der Waals surface area contributed by atoms with Gasteiger partial charge in [-0.15, -0.1) is 0 Å². The van der Waals surface area contributed by atoms with E-state index in [9.17, 15) is 19.8 Å². The van der Waals surface area contributed by atoms with Gasteiger partial charge in [0.25, 0.3) is 11.8 Å². The van der Waals surface area contributed by atoms with E-state index in [1.54, 1.807) is 31.2 Å². The van der Waals surface area contributed by atoms with Crippen molar-refractivity contribution in [2.45, 2.75) is 6.92 Å². The molecule has 0 aliphatic heterocycles. The van der Waals surface area contributed by atoms with Gasteiger partial charge in [-0.25, -0.2) is 0 Å². The SMILES string of the molecule is CCNC(=O)c1noc(-c2cc(Cl)c(O)cc2O)c1NC(=O)c1ccc(Br)cc1. The maximum absolute atomic E-state index is 12.7. The van der Waals surface area contributed by atoms with Crippen molar-refractivity contribution in [2.24, 2.45) is 0 Å². The van der Waals surface area contributed by atoms with Crippen LogP contribution < -0.4 is 10.6 Å². The molecule has 2 aromatic carbocycles. The number of anilines is 1. The normalized spacial score (nSPS) is 10.6. The summed E-state index contributed by atoms with van der Waals surface area (Å²) >= 11 is 9.22. The molecule has 0 saturated carbocycles. The largest absolute Gasteiger partial charge is 0.507 e. The van der Waals surface area contributed by atoms with Crippen molar-refractivity contribution in [2.75, 3.05) is 11.9 Å². The number of amides is 2. The summed E-state index contributed by atoms with van der Waals surface area (Å²) in [6.07, 6.45) is 0. The quantitative estimate of drug-likeness (QED) is 0.434. The Balaban J connectivity index is 2.08. The van der Waals surface area contributed by atoms with Crippen LogP contribution in [0.25, 0.3) is 11.3 Å². The van der Waals surface area contributed by atoms with Crippen LogP contribution in [0.2, 0.25) is 5.02 Å². The van der Waals surface area contributed by atoms with Crippen LogP contribution in [-0.2, 0) is 0 Å². The molecule has 0 atom stereocenters. The number of phenols is 2. The van der Waals surface area contributed by atoms with E-state index in [0.29, 0.717) is 12.1 Å². The molecule has 4 N–H and O–H groups in total. The number of aromatic hydroxyl groups is 2. The minimum absolute atomic E-state index is 0.0408. The summed E-state index contributed by atoms with van der Waals surface area (Å²) in [5.41, 5.74) is 0.161. The van der Waals surface area contributed by atoms with Crippen LogP contribution in [0.4, 0.5) is 5.69 Å². The summed E-state index contributed by atoms with van der Waals surface area (Å²) in [6, 6.07) is 8.83. The van der Waals surface area contributed by atoms with Gasteiger partial charge >= 0.3 is 0 Å². The minimum atomic E-state index is -0.571. The molecule has 3 aromatic rings. The fourth-order valence-corrected chi connectivity index (χ4v) is 2.94. The van der Waals surface area contributed by atoms with Gasteiger partial charge < -0.3 is 25.4 Å². The molecule has 1 heterocycles. The number of benzene rings is 2. The second-order valence-electron chi connectivity index (χ2n) is 5.88. The molecular formula is C19H15BrClN3O5. The number of aromatic nitrogens is 1. The molecule has 0 saturated heterocycles. The van der Waals surface area contributed by atoms with Gasteiger partial charge in [0.05, 0.1) is 10.6 Å². The molecule has 0 fully saturated rings. The highest BCUT2D eigenvalue weighted by atomic mass is 79.9. The van der Waals surface area contributed by atoms with Gasteiger partial charge in [-0.3, -0.25) is 9.59 Å². The van der Waals surface area contributed by atoms with Crippen LogP contribution >= 0.6 is 27.5 Å². The van der Waals surface area contributed by atoms with Gasteiger partial charge in [0.2, 0.25) is 0 Å². The van der Waals surface area contributed by atoms with Crippen molar-refractivity contribution in [1.29, 1.82) is 0 Å². The first-order chi connectivity index (χ1) is 13.8. The maximum Gasteiger partial charge on any atom is 0.275 e. The zero-order chi connectivity index (χ0) is 21.1. The van der Waals surface area contributed by atoms with E-state index in [-0.39, 0.29) is 39.2 Å². The van der Waals surface area contributed by atoms with Crippen molar-refractivity contribution < 1.29 is 24.3 Å². The average Bonchev–Trinajstić information content (AvgIpc) is 3.08. The average molecular weight is 481 g/mol. The number of phenolic OH excluding ortho intramolecular Hbond substituents is 2. The van der Waals surface area contributed by atoms with E-state index in [2.05, 4.69) is 31.7 Å². The smallest absolute Gasteiger partial charge is 0.275 e. The second kappa shape index (κ2) is 8.54. The first-order valence-electron chi connectivity index (χ1n) is 8.38. The molecule has 0 aliphatic carbocycles. The predicted molar refractivity (Wildman–Crippen MR) is 110 cm³/mol. The summed E-state index contributed by atoms with van der Waals surface area (Å²) in [6.45, 7) is 2.06. The first kappa shape index (κ1) is 20.7. The maximum atomic E-state index is 12.7. The summed E-state index contributed by atoms with van der Waals surface area (Å²) in [5, 5.41) is 28.7.